The molecule has 0 aliphatic rings. The summed E-state index contributed by atoms with van der Waals surface area (Å²) in [7, 11) is -0.760. The van der Waals surface area contributed by atoms with Crippen LogP contribution in [0.1, 0.15) is 32.1 Å². The van der Waals surface area contributed by atoms with Gasteiger partial charge in [-0.05, 0) is 24.9 Å². The van der Waals surface area contributed by atoms with Gasteiger partial charge in [-0.1, -0.05) is 6.92 Å². The van der Waals surface area contributed by atoms with Crippen LogP contribution in [0.5, 0.6) is 0 Å². The second-order valence-electron chi connectivity index (χ2n) is 3.52. The molecular weight excluding hydrogens is 234 g/mol. The highest BCUT2D eigenvalue weighted by Crippen LogP contribution is 2.19. The average molecular weight is 250 g/mol. The van der Waals surface area contributed by atoms with Crippen molar-refractivity contribution in [1.82, 2.24) is 14.8 Å². The maximum Gasteiger partial charge on any atom is 0.225 e. The lowest BCUT2D eigenvalue weighted by atomic mass is 10.2. The zero-order valence-corrected chi connectivity index (χ0v) is 10.8. The van der Waals surface area contributed by atoms with E-state index >= 15 is 0 Å². The van der Waals surface area contributed by atoms with Crippen LogP contribution < -0.4 is 0 Å². The molecule has 0 spiro atoms. The fourth-order valence-electron chi connectivity index (χ4n) is 1.44. The molecule has 0 bridgehead atoms. The molecular formula is C9H16ClN3OS. The molecule has 0 saturated carbocycles. The summed E-state index contributed by atoms with van der Waals surface area (Å²) in [6.45, 7) is 4.06. The monoisotopic (exact) mass is 249 g/mol. The molecule has 0 N–H and O–H groups in total. The summed E-state index contributed by atoms with van der Waals surface area (Å²) in [4.78, 5) is 0. The number of halogens is 1. The Bertz CT molecular complexity index is 353. The molecule has 0 radical (unpaired) electrons. The Morgan fingerprint density at radius 3 is 2.73 bits per heavy atom. The Morgan fingerprint density at radius 2 is 2.20 bits per heavy atom. The van der Waals surface area contributed by atoms with E-state index in [4.69, 9.17) is 11.6 Å². The van der Waals surface area contributed by atoms with Crippen LogP contribution in [0.25, 0.3) is 0 Å². The topological polar surface area (TPSA) is 47.8 Å². The fraction of sp³-hybridized carbons (Fsp3) is 0.778. The fourth-order valence-corrected chi connectivity index (χ4v) is 2.42. The van der Waals surface area contributed by atoms with Crippen molar-refractivity contribution in [3.8, 4) is 0 Å². The van der Waals surface area contributed by atoms with Crippen LogP contribution in [0.15, 0.2) is 0 Å². The molecule has 86 valence electrons. The van der Waals surface area contributed by atoms with E-state index in [0.717, 1.165) is 18.7 Å². The lowest BCUT2D eigenvalue weighted by Gasteiger charge is -2.15. The minimum absolute atomic E-state index is 0.200. The SMILES string of the molecule is CCc1nnc(Cl)n1C(C)CCS(C)=O. The standard InChI is InChI=1S/C9H16ClN3OS/c1-4-8-11-12-9(10)13(8)7(2)5-6-15(3)14/h7H,4-6H2,1-3H3. The molecule has 1 aromatic rings. The molecule has 1 heterocycles. The Hall–Kier alpha value is -0.420. The molecule has 6 heteroatoms. The molecule has 1 rings (SSSR count). The Kier molecular flexibility index (Phi) is 4.73. The number of aromatic nitrogens is 3. The quantitative estimate of drug-likeness (QED) is 0.800. The van der Waals surface area contributed by atoms with Gasteiger partial charge >= 0.3 is 0 Å². The van der Waals surface area contributed by atoms with E-state index in [0.29, 0.717) is 11.0 Å². The summed E-state index contributed by atoms with van der Waals surface area (Å²) >= 11 is 5.95. The number of hydrogen-bond acceptors (Lipinski definition) is 3. The van der Waals surface area contributed by atoms with Gasteiger partial charge in [-0.25, -0.2) is 0 Å². The van der Waals surface area contributed by atoms with E-state index in [2.05, 4.69) is 10.2 Å². The average Bonchev–Trinajstić information content (AvgIpc) is 2.56. The predicted molar refractivity (Wildman–Crippen MR) is 62.7 cm³/mol. The smallest absolute Gasteiger partial charge is 0.225 e. The second kappa shape index (κ2) is 5.61. The van der Waals surface area contributed by atoms with Gasteiger partial charge in [-0.15, -0.1) is 10.2 Å². The van der Waals surface area contributed by atoms with Gasteiger partial charge in [0.15, 0.2) is 0 Å². The third-order valence-corrected chi connectivity index (χ3v) is 3.37. The van der Waals surface area contributed by atoms with E-state index in [9.17, 15) is 4.21 Å². The lowest BCUT2D eigenvalue weighted by molar-refractivity contribution is 0.512. The van der Waals surface area contributed by atoms with E-state index in [1.54, 1.807) is 6.26 Å². The van der Waals surface area contributed by atoms with Gasteiger partial charge in [0.2, 0.25) is 5.28 Å². The van der Waals surface area contributed by atoms with E-state index in [-0.39, 0.29) is 6.04 Å². The first-order valence-corrected chi connectivity index (χ1v) is 7.06. The summed E-state index contributed by atoms with van der Waals surface area (Å²) in [5.74, 6) is 1.56. The van der Waals surface area contributed by atoms with Crippen molar-refractivity contribution in [2.75, 3.05) is 12.0 Å². The maximum atomic E-state index is 11.0. The summed E-state index contributed by atoms with van der Waals surface area (Å²) in [5.41, 5.74) is 0. The number of nitrogens with zero attached hydrogens (tertiary/aromatic N) is 3. The summed E-state index contributed by atoms with van der Waals surface area (Å²) in [5, 5.41) is 8.24. The molecule has 0 aliphatic heterocycles. The zero-order valence-electron chi connectivity index (χ0n) is 9.23. The molecule has 0 aliphatic carbocycles. The van der Waals surface area contributed by atoms with Crippen LogP contribution in [0.4, 0.5) is 0 Å². The third kappa shape index (κ3) is 3.28. The van der Waals surface area contributed by atoms with E-state index < -0.39 is 10.8 Å². The van der Waals surface area contributed by atoms with E-state index in [1.165, 1.54) is 0 Å². The largest absolute Gasteiger partial charge is 0.299 e. The molecule has 0 fully saturated rings. The highest BCUT2D eigenvalue weighted by molar-refractivity contribution is 7.84. The Balaban J connectivity index is 2.75. The molecule has 4 nitrogen and oxygen atoms in total. The number of aryl methyl sites for hydroxylation is 1. The van der Waals surface area contributed by atoms with Crippen molar-refractivity contribution in [2.24, 2.45) is 0 Å². The predicted octanol–water partition coefficient (Wildman–Crippen LogP) is 1.82. The van der Waals surface area contributed by atoms with Gasteiger partial charge in [0.05, 0.1) is 0 Å². The van der Waals surface area contributed by atoms with Crippen LogP contribution in [-0.4, -0.2) is 31.0 Å². The first-order chi connectivity index (χ1) is 7.06. The van der Waals surface area contributed by atoms with Gasteiger partial charge in [-0.2, -0.15) is 0 Å². The minimum atomic E-state index is -0.760. The minimum Gasteiger partial charge on any atom is -0.299 e. The van der Waals surface area contributed by atoms with Crippen LogP contribution >= 0.6 is 11.6 Å². The second-order valence-corrected chi connectivity index (χ2v) is 5.42. The van der Waals surface area contributed by atoms with Crippen LogP contribution in [-0.2, 0) is 17.2 Å². The number of hydrogen-bond donors (Lipinski definition) is 0. The van der Waals surface area contributed by atoms with E-state index in [1.807, 2.05) is 18.4 Å². The molecule has 15 heavy (non-hydrogen) atoms. The summed E-state index contributed by atoms with van der Waals surface area (Å²) in [6.07, 6.45) is 3.34. The Morgan fingerprint density at radius 1 is 1.53 bits per heavy atom. The molecule has 0 saturated heterocycles. The van der Waals surface area contributed by atoms with Crippen molar-refractivity contribution in [1.29, 1.82) is 0 Å². The summed E-state index contributed by atoms with van der Waals surface area (Å²) in [6, 6.07) is 0.200. The normalized spacial score (nSPS) is 15.2. The highest BCUT2D eigenvalue weighted by atomic mass is 35.5. The molecule has 2 unspecified atom stereocenters. The van der Waals surface area contributed by atoms with Gasteiger partial charge in [0.1, 0.15) is 5.82 Å². The molecule has 0 amide bonds. The van der Waals surface area contributed by atoms with Crippen LogP contribution in [0, 0.1) is 0 Å². The Labute approximate surface area is 97.5 Å². The highest BCUT2D eigenvalue weighted by Gasteiger charge is 2.14. The van der Waals surface area contributed by atoms with Crippen molar-refractivity contribution in [3.05, 3.63) is 11.1 Å². The first kappa shape index (κ1) is 12.6. The van der Waals surface area contributed by atoms with Crippen molar-refractivity contribution in [2.45, 2.75) is 32.7 Å². The first-order valence-electron chi connectivity index (χ1n) is 4.95. The molecule has 1 aromatic heterocycles. The lowest BCUT2D eigenvalue weighted by Crippen LogP contribution is -2.12. The van der Waals surface area contributed by atoms with Gasteiger partial charge in [0, 0.05) is 35.3 Å². The van der Waals surface area contributed by atoms with Crippen molar-refractivity contribution >= 4 is 22.4 Å². The maximum absolute atomic E-state index is 11.0. The van der Waals surface area contributed by atoms with Gasteiger partial charge in [-0.3, -0.25) is 8.78 Å². The zero-order chi connectivity index (χ0) is 11.4. The molecule has 0 aromatic carbocycles. The van der Waals surface area contributed by atoms with Crippen molar-refractivity contribution in [3.63, 3.8) is 0 Å². The third-order valence-electron chi connectivity index (χ3n) is 2.30. The van der Waals surface area contributed by atoms with Crippen LogP contribution in [0.2, 0.25) is 5.28 Å². The van der Waals surface area contributed by atoms with Gasteiger partial charge < -0.3 is 0 Å². The van der Waals surface area contributed by atoms with Gasteiger partial charge in [0.25, 0.3) is 0 Å². The number of rotatable bonds is 5. The van der Waals surface area contributed by atoms with Crippen molar-refractivity contribution < 1.29 is 4.21 Å². The van der Waals surface area contributed by atoms with Crippen LogP contribution in [0.3, 0.4) is 0 Å². The molecule has 2 atom stereocenters. The summed E-state index contributed by atoms with van der Waals surface area (Å²) < 4.78 is 12.9.